The Balaban J connectivity index is 1.68. The van der Waals surface area contributed by atoms with Crippen molar-refractivity contribution < 1.29 is 14.3 Å². The van der Waals surface area contributed by atoms with Crippen LogP contribution in [0.15, 0.2) is 42.5 Å². The lowest BCUT2D eigenvalue weighted by Crippen LogP contribution is -2.13. The van der Waals surface area contributed by atoms with E-state index in [2.05, 4.69) is 15.5 Å². The van der Waals surface area contributed by atoms with Gasteiger partial charge in [-0.2, -0.15) is 5.10 Å². The third-order valence-corrected chi connectivity index (χ3v) is 4.44. The van der Waals surface area contributed by atoms with Crippen LogP contribution in [0.4, 0.5) is 5.69 Å². The van der Waals surface area contributed by atoms with Crippen LogP contribution in [-0.2, 0) is 6.42 Å². The molecule has 0 saturated heterocycles. The Morgan fingerprint density at radius 2 is 1.96 bits per heavy atom. The number of carbonyl (C=O) groups is 1. The van der Waals surface area contributed by atoms with Gasteiger partial charge in [0.1, 0.15) is 5.69 Å². The summed E-state index contributed by atoms with van der Waals surface area (Å²) in [5, 5.41) is 10.9. The summed E-state index contributed by atoms with van der Waals surface area (Å²) in [7, 11) is 0. The van der Waals surface area contributed by atoms with Gasteiger partial charge in [0, 0.05) is 16.1 Å². The Bertz CT molecular complexity index is 967. The highest BCUT2D eigenvalue weighted by molar-refractivity contribution is 6.30. The number of halogens is 1. The van der Waals surface area contributed by atoms with E-state index in [1.54, 1.807) is 24.3 Å². The van der Waals surface area contributed by atoms with E-state index in [1.807, 2.05) is 25.1 Å². The van der Waals surface area contributed by atoms with Gasteiger partial charge in [0.05, 0.1) is 11.4 Å². The van der Waals surface area contributed by atoms with E-state index in [4.69, 9.17) is 21.1 Å². The summed E-state index contributed by atoms with van der Waals surface area (Å²) in [6.07, 6.45) is 0.702. The summed E-state index contributed by atoms with van der Waals surface area (Å²) in [5.74, 6) is 1.14. The molecule has 1 aliphatic heterocycles. The fraction of sp³-hybridized carbons (Fsp3) is 0.158. The van der Waals surface area contributed by atoms with E-state index in [1.165, 1.54) is 0 Å². The second-order valence-electron chi connectivity index (χ2n) is 5.81. The zero-order chi connectivity index (χ0) is 18.1. The summed E-state index contributed by atoms with van der Waals surface area (Å²) in [4.78, 5) is 12.6. The number of nitrogens with zero attached hydrogens (tertiary/aromatic N) is 1. The lowest BCUT2D eigenvalue weighted by molar-refractivity contribution is 0.102. The van der Waals surface area contributed by atoms with Gasteiger partial charge in [0.15, 0.2) is 11.5 Å². The molecule has 132 valence electrons. The molecule has 0 atom stereocenters. The number of carbonyl (C=O) groups excluding carboxylic acids is 1. The SMILES string of the molecule is CCc1[nH]nc(-c2ccc3c(c2)OCO3)c1NC(=O)c1ccc(Cl)cc1. The average Bonchev–Trinajstić information content (AvgIpc) is 3.28. The van der Waals surface area contributed by atoms with Crippen molar-refractivity contribution in [3.63, 3.8) is 0 Å². The van der Waals surface area contributed by atoms with Crippen molar-refractivity contribution >= 4 is 23.2 Å². The molecule has 0 aliphatic carbocycles. The number of amides is 1. The molecule has 26 heavy (non-hydrogen) atoms. The molecule has 0 fully saturated rings. The van der Waals surface area contributed by atoms with Gasteiger partial charge in [-0.1, -0.05) is 18.5 Å². The number of anilines is 1. The van der Waals surface area contributed by atoms with Crippen molar-refractivity contribution in [2.45, 2.75) is 13.3 Å². The number of benzene rings is 2. The van der Waals surface area contributed by atoms with Crippen molar-refractivity contribution in [2.75, 3.05) is 12.1 Å². The van der Waals surface area contributed by atoms with Crippen LogP contribution in [0.2, 0.25) is 5.02 Å². The molecule has 0 unspecified atom stereocenters. The number of fused-ring (bicyclic) bond motifs is 1. The Kier molecular flexibility index (Phi) is 4.26. The van der Waals surface area contributed by atoms with Gasteiger partial charge in [-0.3, -0.25) is 9.89 Å². The average molecular weight is 370 g/mol. The van der Waals surface area contributed by atoms with Gasteiger partial charge in [0.25, 0.3) is 5.91 Å². The van der Waals surface area contributed by atoms with Crippen LogP contribution in [0.3, 0.4) is 0 Å². The molecule has 1 aliphatic rings. The lowest BCUT2D eigenvalue weighted by Gasteiger charge is -2.09. The number of aromatic amines is 1. The van der Waals surface area contributed by atoms with Gasteiger partial charge < -0.3 is 14.8 Å². The van der Waals surface area contributed by atoms with Crippen molar-refractivity contribution in [3.05, 3.63) is 58.7 Å². The molecule has 0 spiro atoms. The zero-order valence-corrected chi connectivity index (χ0v) is 14.8. The number of hydrogen-bond donors (Lipinski definition) is 2. The minimum Gasteiger partial charge on any atom is -0.454 e. The fourth-order valence-corrected chi connectivity index (χ4v) is 2.93. The Morgan fingerprint density at radius 3 is 2.73 bits per heavy atom. The second kappa shape index (κ2) is 6.72. The van der Waals surface area contributed by atoms with Gasteiger partial charge in [-0.15, -0.1) is 0 Å². The number of aromatic nitrogens is 2. The van der Waals surface area contributed by atoms with Crippen molar-refractivity contribution in [1.82, 2.24) is 10.2 Å². The molecule has 1 aromatic heterocycles. The molecule has 2 N–H and O–H groups in total. The molecule has 7 heteroatoms. The van der Waals surface area contributed by atoms with Gasteiger partial charge in [0.2, 0.25) is 6.79 Å². The molecular formula is C19H16ClN3O3. The highest BCUT2D eigenvalue weighted by Gasteiger charge is 2.20. The van der Waals surface area contributed by atoms with Crippen molar-refractivity contribution in [2.24, 2.45) is 0 Å². The van der Waals surface area contributed by atoms with E-state index in [9.17, 15) is 4.79 Å². The first-order valence-electron chi connectivity index (χ1n) is 8.20. The number of rotatable bonds is 4. The Labute approximate surface area is 155 Å². The van der Waals surface area contributed by atoms with Crippen LogP contribution in [0.25, 0.3) is 11.3 Å². The summed E-state index contributed by atoms with van der Waals surface area (Å²) in [6.45, 7) is 2.20. The van der Waals surface area contributed by atoms with Crippen molar-refractivity contribution in [3.8, 4) is 22.8 Å². The summed E-state index contributed by atoms with van der Waals surface area (Å²) < 4.78 is 10.8. The topological polar surface area (TPSA) is 76.2 Å². The number of aryl methyl sites for hydroxylation is 1. The monoisotopic (exact) mass is 369 g/mol. The standard InChI is InChI=1S/C19H16ClN3O3/c1-2-14-18(21-19(24)11-3-6-13(20)7-4-11)17(23-22-14)12-5-8-15-16(9-12)26-10-25-15/h3-9H,2,10H2,1H3,(H,21,24)(H,22,23). The number of ether oxygens (including phenoxy) is 2. The maximum absolute atomic E-state index is 12.6. The first-order chi connectivity index (χ1) is 12.7. The zero-order valence-electron chi connectivity index (χ0n) is 14.0. The molecular weight excluding hydrogens is 354 g/mol. The maximum Gasteiger partial charge on any atom is 0.255 e. The van der Waals surface area contributed by atoms with Crippen LogP contribution < -0.4 is 14.8 Å². The van der Waals surface area contributed by atoms with Crippen LogP contribution in [0, 0.1) is 0 Å². The lowest BCUT2D eigenvalue weighted by atomic mass is 10.1. The summed E-state index contributed by atoms with van der Waals surface area (Å²) >= 11 is 5.89. The van der Waals surface area contributed by atoms with Gasteiger partial charge in [-0.25, -0.2) is 0 Å². The van der Waals surface area contributed by atoms with Crippen LogP contribution in [0.5, 0.6) is 11.5 Å². The predicted molar refractivity (Wildman–Crippen MR) is 98.9 cm³/mol. The van der Waals surface area contributed by atoms with E-state index >= 15 is 0 Å². The number of H-pyrrole nitrogens is 1. The Hall–Kier alpha value is -2.99. The summed E-state index contributed by atoms with van der Waals surface area (Å²) in [5.41, 5.74) is 3.51. The van der Waals surface area contributed by atoms with Gasteiger partial charge in [-0.05, 0) is 48.9 Å². The van der Waals surface area contributed by atoms with E-state index < -0.39 is 0 Å². The van der Waals surface area contributed by atoms with Crippen LogP contribution in [-0.4, -0.2) is 22.9 Å². The van der Waals surface area contributed by atoms with E-state index in [-0.39, 0.29) is 12.7 Å². The number of nitrogens with one attached hydrogen (secondary N) is 2. The molecule has 0 saturated carbocycles. The molecule has 2 aromatic carbocycles. The first kappa shape index (κ1) is 16.5. The number of hydrogen-bond acceptors (Lipinski definition) is 4. The van der Waals surface area contributed by atoms with E-state index in [0.717, 1.165) is 11.3 Å². The highest BCUT2D eigenvalue weighted by Crippen LogP contribution is 2.38. The third-order valence-electron chi connectivity index (χ3n) is 4.19. The highest BCUT2D eigenvalue weighted by atomic mass is 35.5. The predicted octanol–water partition coefficient (Wildman–Crippen LogP) is 4.27. The first-order valence-corrected chi connectivity index (χ1v) is 8.57. The van der Waals surface area contributed by atoms with Crippen LogP contribution in [0.1, 0.15) is 23.0 Å². The molecule has 0 radical (unpaired) electrons. The summed E-state index contributed by atoms with van der Waals surface area (Å²) in [6, 6.07) is 12.3. The second-order valence-corrected chi connectivity index (χ2v) is 6.24. The van der Waals surface area contributed by atoms with Crippen LogP contribution >= 0.6 is 11.6 Å². The quantitative estimate of drug-likeness (QED) is 0.720. The molecule has 1 amide bonds. The minimum absolute atomic E-state index is 0.208. The fourth-order valence-electron chi connectivity index (χ4n) is 2.81. The minimum atomic E-state index is -0.222. The molecule has 4 rings (SSSR count). The molecule has 3 aromatic rings. The van der Waals surface area contributed by atoms with Gasteiger partial charge >= 0.3 is 0 Å². The maximum atomic E-state index is 12.6. The molecule has 0 bridgehead atoms. The third kappa shape index (κ3) is 2.99. The molecule has 2 heterocycles. The largest absolute Gasteiger partial charge is 0.454 e. The van der Waals surface area contributed by atoms with Crippen molar-refractivity contribution in [1.29, 1.82) is 0 Å². The smallest absolute Gasteiger partial charge is 0.255 e. The Morgan fingerprint density at radius 1 is 1.19 bits per heavy atom. The molecule has 6 nitrogen and oxygen atoms in total. The van der Waals surface area contributed by atoms with E-state index in [0.29, 0.717) is 39.9 Å². The normalized spacial score (nSPS) is 12.2.